The van der Waals surface area contributed by atoms with Crippen molar-refractivity contribution in [3.8, 4) is 0 Å². The monoisotopic (exact) mass is 218 g/mol. The summed E-state index contributed by atoms with van der Waals surface area (Å²) < 4.78 is 0. The molecule has 1 aromatic rings. The molecule has 4 nitrogen and oxygen atoms in total. The predicted octanol–water partition coefficient (Wildman–Crippen LogP) is 0.893. The number of anilines is 1. The smallest absolute Gasteiger partial charge is 0.225 e. The number of hydrogen-bond acceptors (Lipinski definition) is 4. The Bertz CT molecular complexity index is 391. The fourth-order valence-electron chi connectivity index (χ4n) is 2.59. The van der Waals surface area contributed by atoms with E-state index in [0.717, 1.165) is 38.3 Å². The third kappa shape index (κ3) is 1.78. The van der Waals surface area contributed by atoms with Gasteiger partial charge in [0.25, 0.3) is 0 Å². The summed E-state index contributed by atoms with van der Waals surface area (Å²) in [7, 11) is 0. The molecule has 0 aromatic carbocycles. The van der Waals surface area contributed by atoms with E-state index in [4.69, 9.17) is 5.73 Å². The van der Waals surface area contributed by atoms with Crippen LogP contribution in [0.5, 0.6) is 0 Å². The number of aromatic nitrogens is 2. The summed E-state index contributed by atoms with van der Waals surface area (Å²) in [5.74, 6) is 0.883. The fraction of sp³-hybridized carbons (Fsp3) is 0.667. The van der Waals surface area contributed by atoms with Gasteiger partial charge in [0, 0.05) is 31.0 Å². The molecule has 0 saturated carbocycles. The molecule has 0 amide bonds. The minimum atomic E-state index is 0.291. The van der Waals surface area contributed by atoms with Crippen LogP contribution in [0.4, 0.5) is 5.95 Å². The van der Waals surface area contributed by atoms with Crippen molar-refractivity contribution in [2.45, 2.75) is 38.1 Å². The second-order valence-corrected chi connectivity index (χ2v) is 4.84. The maximum atomic E-state index is 5.90. The van der Waals surface area contributed by atoms with E-state index in [1.165, 1.54) is 24.1 Å². The molecule has 0 radical (unpaired) electrons. The maximum Gasteiger partial charge on any atom is 0.225 e. The topological polar surface area (TPSA) is 55.0 Å². The fourth-order valence-corrected chi connectivity index (χ4v) is 2.59. The molecule has 16 heavy (non-hydrogen) atoms. The molecule has 1 saturated heterocycles. The summed E-state index contributed by atoms with van der Waals surface area (Å²) in [5, 5.41) is 0. The Labute approximate surface area is 95.9 Å². The van der Waals surface area contributed by atoms with Crippen molar-refractivity contribution in [1.82, 2.24) is 9.97 Å². The standard InChI is InChI=1S/C12H18N4/c13-10-5-6-16(8-10)12-14-7-9-3-1-2-4-11(9)15-12/h7,10H,1-6,8,13H2. The lowest BCUT2D eigenvalue weighted by molar-refractivity contribution is 0.659. The van der Waals surface area contributed by atoms with Gasteiger partial charge >= 0.3 is 0 Å². The van der Waals surface area contributed by atoms with Crippen molar-refractivity contribution in [3.05, 3.63) is 17.5 Å². The van der Waals surface area contributed by atoms with E-state index in [1.807, 2.05) is 6.20 Å². The first-order valence-corrected chi connectivity index (χ1v) is 6.18. The van der Waals surface area contributed by atoms with E-state index in [0.29, 0.717) is 6.04 Å². The van der Waals surface area contributed by atoms with Crippen LogP contribution >= 0.6 is 0 Å². The van der Waals surface area contributed by atoms with Crippen molar-refractivity contribution >= 4 is 5.95 Å². The zero-order chi connectivity index (χ0) is 11.0. The molecule has 1 aliphatic carbocycles. The van der Waals surface area contributed by atoms with Crippen LogP contribution in [0.2, 0.25) is 0 Å². The SMILES string of the molecule is NC1CCN(c2ncc3c(n2)CCCC3)C1. The van der Waals surface area contributed by atoms with E-state index < -0.39 is 0 Å². The lowest BCUT2D eigenvalue weighted by Crippen LogP contribution is -2.28. The highest BCUT2D eigenvalue weighted by Crippen LogP contribution is 2.22. The van der Waals surface area contributed by atoms with Gasteiger partial charge in [0.05, 0.1) is 0 Å². The number of nitrogens with zero attached hydrogens (tertiary/aromatic N) is 3. The van der Waals surface area contributed by atoms with Crippen LogP contribution in [0.15, 0.2) is 6.20 Å². The summed E-state index contributed by atoms with van der Waals surface area (Å²) in [5.41, 5.74) is 8.51. The third-order valence-electron chi connectivity index (χ3n) is 3.56. The predicted molar refractivity (Wildman–Crippen MR) is 63.5 cm³/mol. The van der Waals surface area contributed by atoms with Crippen LogP contribution in [-0.2, 0) is 12.8 Å². The first-order valence-electron chi connectivity index (χ1n) is 6.18. The largest absolute Gasteiger partial charge is 0.339 e. The highest BCUT2D eigenvalue weighted by molar-refractivity contribution is 5.35. The van der Waals surface area contributed by atoms with E-state index in [2.05, 4.69) is 14.9 Å². The highest BCUT2D eigenvalue weighted by atomic mass is 15.3. The average molecular weight is 218 g/mol. The zero-order valence-electron chi connectivity index (χ0n) is 9.52. The second-order valence-electron chi connectivity index (χ2n) is 4.84. The van der Waals surface area contributed by atoms with Gasteiger partial charge in [0.1, 0.15) is 0 Å². The molecule has 86 valence electrons. The Balaban J connectivity index is 1.85. The number of rotatable bonds is 1. The lowest BCUT2D eigenvalue weighted by Gasteiger charge is -2.19. The van der Waals surface area contributed by atoms with Crippen molar-refractivity contribution in [2.75, 3.05) is 18.0 Å². The number of fused-ring (bicyclic) bond motifs is 1. The Morgan fingerprint density at radius 1 is 1.31 bits per heavy atom. The van der Waals surface area contributed by atoms with Crippen LogP contribution in [0.25, 0.3) is 0 Å². The molecule has 2 heterocycles. The molecule has 1 unspecified atom stereocenters. The first-order chi connectivity index (χ1) is 7.83. The molecule has 1 aliphatic heterocycles. The Morgan fingerprint density at radius 2 is 2.19 bits per heavy atom. The molecular formula is C12H18N4. The van der Waals surface area contributed by atoms with Gasteiger partial charge in [0.2, 0.25) is 5.95 Å². The maximum absolute atomic E-state index is 5.90. The normalized spacial score (nSPS) is 24.6. The van der Waals surface area contributed by atoms with Gasteiger partial charge in [-0.05, 0) is 37.7 Å². The van der Waals surface area contributed by atoms with E-state index in [9.17, 15) is 0 Å². The van der Waals surface area contributed by atoms with Crippen molar-refractivity contribution in [1.29, 1.82) is 0 Å². The summed E-state index contributed by atoms with van der Waals surface area (Å²) in [4.78, 5) is 11.4. The molecule has 0 spiro atoms. The molecule has 0 bridgehead atoms. The summed E-state index contributed by atoms with van der Waals surface area (Å²) in [6.45, 7) is 1.90. The zero-order valence-corrected chi connectivity index (χ0v) is 9.52. The number of aryl methyl sites for hydroxylation is 2. The van der Waals surface area contributed by atoms with Gasteiger partial charge in [-0.15, -0.1) is 0 Å². The second kappa shape index (κ2) is 4.01. The van der Waals surface area contributed by atoms with Gasteiger partial charge in [-0.25, -0.2) is 9.97 Å². The molecule has 1 aromatic heterocycles. The summed E-state index contributed by atoms with van der Waals surface area (Å²) >= 11 is 0. The summed E-state index contributed by atoms with van der Waals surface area (Å²) in [6, 6.07) is 0.291. The Hall–Kier alpha value is -1.16. The minimum Gasteiger partial charge on any atom is -0.339 e. The molecule has 1 fully saturated rings. The van der Waals surface area contributed by atoms with Crippen LogP contribution in [0, 0.1) is 0 Å². The molecule has 3 rings (SSSR count). The molecule has 4 heteroatoms. The van der Waals surface area contributed by atoms with Crippen LogP contribution in [-0.4, -0.2) is 29.1 Å². The third-order valence-corrected chi connectivity index (χ3v) is 3.56. The molecule has 2 N–H and O–H groups in total. The van der Waals surface area contributed by atoms with Crippen molar-refractivity contribution in [2.24, 2.45) is 5.73 Å². The summed E-state index contributed by atoms with van der Waals surface area (Å²) in [6.07, 6.45) is 7.88. The molecule has 2 aliphatic rings. The Morgan fingerprint density at radius 3 is 3.00 bits per heavy atom. The van der Waals surface area contributed by atoms with Gasteiger partial charge in [0.15, 0.2) is 0 Å². The van der Waals surface area contributed by atoms with Gasteiger partial charge in [-0.3, -0.25) is 0 Å². The quantitative estimate of drug-likeness (QED) is 0.760. The molecular weight excluding hydrogens is 200 g/mol. The molecule has 1 atom stereocenters. The first kappa shape index (κ1) is 10.0. The van der Waals surface area contributed by atoms with Gasteiger partial charge in [-0.2, -0.15) is 0 Å². The van der Waals surface area contributed by atoms with E-state index >= 15 is 0 Å². The Kier molecular flexibility index (Phi) is 2.52. The number of hydrogen-bond donors (Lipinski definition) is 1. The van der Waals surface area contributed by atoms with E-state index in [-0.39, 0.29) is 0 Å². The van der Waals surface area contributed by atoms with Crippen LogP contribution in [0.3, 0.4) is 0 Å². The average Bonchev–Trinajstić information content (AvgIpc) is 2.75. The van der Waals surface area contributed by atoms with Crippen LogP contribution < -0.4 is 10.6 Å². The lowest BCUT2D eigenvalue weighted by atomic mass is 9.98. The van der Waals surface area contributed by atoms with E-state index in [1.54, 1.807) is 0 Å². The van der Waals surface area contributed by atoms with Gasteiger partial charge < -0.3 is 10.6 Å². The van der Waals surface area contributed by atoms with Crippen molar-refractivity contribution < 1.29 is 0 Å². The highest BCUT2D eigenvalue weighted by Gasteiger charge is 2.22. The van der Waals surface area contributed by atoms with Crippen molar-refractivity contribution in [3.63, 3.8) is 0 Å². The minimum absolute atomic E-state index is 0.291. The van der Waals surface area contributed by atoms with Gasteiger partial charge in [-0.1, -0.05) is 0 Å². The van der Waals surface area contributed by atoms with Crippen LogP contribution in [0.1, 0.15) is 30.5 Å². The number of nitrogens with two attached hydrogens (primary N) is 1.